The summed E-state index contributed by atoms with van der Waals surface area (Å²) in [6.45, 7) is 2.15. The Kier molecular flexibility index (Phi) is 5.66. The fourth-order valence-corrected chi connectivity index (χ4v) is 7.09. The molecular formula is C32H35N7. The van der Waals surface area contributed by atoms with Gasteiger partial charge >= 0.3 is 0 Å². The first-order chi connectivity index (χ1) is 19.3. The monoisotopic (exact) mass is 517 g/mol. The summed E-state index contributed by atoms with van der Waals surface area (Å²) < 4.78 is 0. The van der Waals surface area contributed by atoms with Crippen LogP contribution in [0.3, 0.4) is 0 Å². The number of hydrogen-bond donors (Lipinski definition) is 4. The zero-order chi connectivity index (χ0) is 25.8. The van der Waals surface area contributed by atoms with Crippen LogP contribution in [-0.2, 0) is 0 Å². The molecule has 3 fully saturated rings. The number of anilines is 1. The summed E-state index contributed by atoms with van der Waals surface area (Å²) in [5.74, 6) is 2.15. The molecule has 3 saturated heterocycles. The lowest BCUT2D eigenvalue weighted by atomic mass is 10.0. The minimum Gasteiger partial charge on any atom is -0.357 e. The van der Waals surface area contributed by atoms with E-state index in [1.807, 2.05) is 0 Å². The molecule has 4 atom stereocenters. The van der Waals surface area contributed by atoms with E-state index in [2.05, 4.69) is 92.2 Å². The van der Waals surface area contributed by atoms with Crippen LogP contribution in [0.5, 0.6) is 0 Å². The summed E-state index contributed by atoms with van der Waals surface area (Å²) in [5, 5.41) is 7.15. The van der Waals surface area contributed by atoms with Crippen molar-refractivity contribution in [1.82, 2.24) is 30.6 Å². The number of benzene rings is 3. The minimum absolute atomic E-state index is 0.291. The molecule has 5 heterocycles. The van der Waals surface area contributed by atoms with Crippen molar-refractivity contribution in [3.8, 4) is 0 Å². The Hall–Kier alpha value is -3.68. The maximum Gasteiger partial charge on any atom is 0.124 e. The average molecular weight is 518 g/mol. The van der Waals surface area contributed by atoms with Crippen molar-refractivity contribution in [3.63, 3.8) is 0 Å². The van der Waals surface area contributed by atoms with Gasteiger partial charge in [0, 0.05) is 5.69 Å². The summed E-state index contributed by atoms with van der Waals surface area (Å²) in [5.41, 5.74) is 8.32. The first-order valence-corrected chi connectivity index (χ1v) is 14.6. The molecule has 3 aromatic carbocycles. The summed E-state index contributed by atoms with van der Waals surface area (Å²) in [7, 11) is 0. The Balaban J connectivity index is 1.15. The van der Waals surface area contributed by atoms with E-state index in [1.54, 1.807) is 0 Å². The molecule has 4 N–H and O–H groups in total. The second-order valence-electron chi connectivity index (χ2n) is 11.4. The number of hydrogen-bond acceptors (Lipinski definition) is 5. The normalized spacial score (nSPS) is 25.4. The van der Waals surface area contributed by atoms with Crippen LogP contribution in [-0.4, -0.2) is 33.0 Å². The van der Waals surface area contributed by atoms with Crippen LogP contribution in [0.2, 0.25) is 0 Å². The van der Waals surface area contributed by atoms with Crippen molar-refractivity contribution in [2.45, 2.75) is 62.7 Å². The second kappa shape index (κ2) is 9.50. The van der Waals surface area contributed by atoms with Crippen molar-refractivity contribution >= 4 is 27.8 Å². The molecule has 0 amide bonds. The van der Waals surface area contributed by atoms with E-state index >= 15 is 0 Å². The first-order valence-electron chi connectivity index (χ1n) is 14.6. The van der Waals surface area contributed by atoms with Gasteiger partial charge in [-0.15, -0.1) is 0 Å². The molecular weight excluding hydrogens is 482 g/mol. The third kappa shape index (κ3) is 4.12. The topological polar surface area (TPSA) is 84.7 Å². The zero-order valence-corrected chi connectivity index (χ0v) is 22.2. The Morgan fingerprint density at radius 3 is 1.64 bits per heavy atom. The number of H-pyrrole nitrogens is 2. The molecule has 2 aromatic heterocycles. The molecule has 3 aliphatic heterocycles. The van der Waals surface area contributed by atoms with Crippen molar-refractivity contribution in [1.29, 1.82) is 0 Å². The molecule has 0 unspecified atom stereocenters. The van der Waals surface area contributed by atoms with Gasteiger partial charge in [0.2, 0.25) is 0 Å². The van der Waals surface area contributed by atoms with Crippen LogP contribution < -0.4 is 15.5 Å². The maximum absolute atomic E-state index is 5.02. The molecule has 7 heteroatoms. The zero-order valence-electron chi connectivity index (χ0n) is 22.2. The van der Waals surface area contributed by atoms with E-state index in [0.717, 1.165) is 72.5 Å². The van der Waals surface area contributed by atoms with Gasteiger partial charge < -0.3 is 25.5 Å². The Morgan fingerprint density at radius 1 is 0.615 bits per heavy atom. The third-order valence-electron chi connectivity index (χ3n) is 9.04. The van der Waals surface area contributed by atoms with Crippen LogP contribution >= 0.6 is 0 Å². The van der Waals surface area contributed by atoms with E-state index in [4.69, 9.17) is 9.97 Å². The molecule has 0 spiro atoms. The maximum atomic E-state index is 5.02. The van der Waals surface area contributed by atoms with Gasteiger partial charge in [0.25, 0.3) is 0 Å². The second-order valence-corrected chi connectivity index (χ2v) is 11.4. The first kappa shape index (κ1) is 23.2. The number of aromatic nitrogens is 4. The predicted molar refractivity (Wildman–Crippen MR) is 156 cm³/mol. The fourth-order valence-electron chi connectivity index (χ4n) is 7.09. The molecule has 0 bridgehead atoms. The molecule has 0 aliphatic carbocycles. The summed E-state index contributed by atoms with van der Waals surface area (Å²) in [4.78, 5) is 19.8. The summed E-state index contributed by atoms with van der Waals surface area (Å²) in [6.07, 6.45) is 6.93. The van der Waals surface area contributed by atoms with Crippen LogP contribution in [0.1, 0.15) is 85.5 Å². The number of imidazole rings is 2. The Bertz CT molecular complexity index is 1510. The summed E-state index contributed by atoms with van der Waals surface area (Å²) >= 11 is 0. The number of nitrogens with one attached hydrogen (secondary N) is 4. The van der Waals surface area contributed by atoms with Crippen LogP contribution in [0.15, 0.2) is 66.7 Å². The highest BCUT2D eigenvalue weighted by Crippen LogP contribution is 2.47. The third-order valence-corrected chi connectivity index (χ3v) is 9.04. The van der Waals surface area contributed by atoms with Gasteiger partial charge in [-0.05, 0) is 99.1 Å². The predicted octanol–water partition coefficient (Wildman–Crippen LogP) is 6.37. The number of rotatable bonds is 5. The quantitative estimate of drug-likeness (QED) is 0.218. The molecule has 5 aromatic rings. The SMILES string of the molecule is c1ccc(N2[C@@H](c3ccc4[nH]c([C@@H]5CCCN5)nc4c3)CC[C@@H]2c2ccc3[nH]c([C@@H]4CCCN4)nc3c2)cc1. The average Bonchev–Trinajstić information content (AvgIpc) is 3.80. The van der Waals surface area contributed by atoms with E-state index in [1.165, 1.54) is 29.7 Å². The lowest BCUT2D eigenvalue weighted by molar-refractivity contribution is 0.614. The number of aromatic amines is 2. The van der Waals surface area contributed by atoms with E-state index in [0.29, 0.717) is 24.2 Å². The van der Waals surface area contributed by atoms with Gasteiger partial charge in [-0.3, -0.25) is 0 Å². The van der Waals surface area contributed by atoms with Gasteiger partial charge in [-0.2, -0.15) is 0 Å². The van der Waals surface area contributed by atoms with Gasteiger partial charge in [0.05, 0.1) is 46.2 Å². The van der Waals surface area contributed by atoms with Gasteiger partial charge in [0.1, 0.15) is 11.6 Å². The van der Waals surface area contributed by atoms with Crippen LogP contribution in [0.4, 0.5) is 5.69 Å². The molecule has 39 heavy (non-hydrogen) atoms. The minimum atomic E-state index is 0.291. The van der Waals surface area contributed by atoms with Gasteiger partial charge in [-0.1, -0.05) is 30.3 Å². The largest absolute Gasteiger partial charge is 0.357 e. The van der Waals surface area contributed by atoms with Gasteiger partial charge in [-0.25, -0.2) is 9.97 Å². The van der Waals surface area contributed by atoms with Crippen molar-refractivity contribution in [2.75, 3.05) is 18.0 Å². The highest BCUT2D eigenvalue weighted by atomic mass is 15.2. The van der Waals surface area contributed by atoms with Crippen molar-refractivity contribution in [3.05, 3.63) is 89.5 Å². The smallest absolute Gasteiger partial charge is 0.124 e. The molecule has 7 nitrogen and oxygen atoms in total. The Morgan fingerprint density at radius 2 is 1.15 bits per heavy atom. The fraction of sp³-hybridized carbons (Fsp3) is 0.375. The lowest BCUT2D eigenvalue weighted by Crippen LogP contribution is -2.26. The van der Waals surface area contributed by atoms with E-state index < -0.39 is 0 Å². The van der Waals surface area contributed by atoms with E-state index in [-0.39, 0.29) is 0 Å². The van der Waals surface area contributed by atoms with Crippen LogP contribution in [0, 0.1) is 0 Å². The van der Waals surface area contributed by atoms with E-state index in [9.17, 15) is 0 Å². The molecule has 3 aliphatic rings. The van der Waals surface area contributed by atoms with Gasteiger partial charge in [0.15, 0.2) is 0 Å². The van der Waals surface area contributed by atoms with Crippen LogP contribution in [0.25, 0.3) is 22.1 Å². The lowest BCUT2D eigenvalue weighted by Gasteiger charge is -2.33. The molecule has 0 saturated carbocycles. The molecule has 8 rings (SSSR count). The Labute approximate surface area is 228 Å². The van der Waals surface area contributed by atoms with Crippen molar-refractivity contribution in [2.24, 2.45) is 0 Å². The number of fused-ring (bicyclic) bond motifs is 2. The standard InChI is InChI=1S/C32H35N7/c1-2-6-22(7-3-1)39-29(20-10-12-23-27(18-20)37-31(35-23)25-8-4-16-33-25)14-15-30(39)21-11-13-24-28(19-21)38-32(36-24)26-9-5-17-34-26/h1-3,6-7,10-13,18-19,25-26,29-30,33-34H,4-5,8-9,14-17H2,(H,35,37)(H,36,38)/t25-,26-,29+,30+/m0/s1. The summed E-state index contributed by atoms with van der Waals surface area (Å²) in [6, 6.07) is 25.8. The molecule has 198 valence electrons. The molecule has 0 radical (unpaired) electrons. The number of nitrogens with zero attached hydrogens (tertiary/aromatic N) is 3. The number of para-hydroxylation sites is 1. The highest BCUT2D eigenvalue weighted by molar-refractivity contribution is 5.78. The van der Waals surface area contributed by atoms with Crippen molar-refractivity contribution < 1.29 is 0 Å². The highest BCUT2D eigenvalue weighted by Gasteiger charge is 2.36.